The van der Waals surface area contributed by atoms with E-state index in [1.807, 2.05) is 5.38 Å². The van der Waals surface area contributed by atoms with Crippen molar-refractivity contribution in [3.63, 3.8) is 0 Å². The van der Waals surface area contributed by atoms with Gasteiger partial charge in [0.05, 0.1) is 34.3 Å². The fourth-order valence-electron chi connectivity index (χ4n) is 2.72. The third-order valence-corrected chi connectivity index (χ3v) is 5.92. The molecule has 0 aliphatic heterocycles. The van der Waals surface area contributed by atoms with Gasteiger partial charge in [0.15, 0.2) is 20.7 Å². The zero-order valence-corrected chi connectivity index (χ0v) is 16.8. The van der Waals surface area contributed by atoms with Crippen LogP contribution >= 0.6 is 22.9 Å². The first kappa shape index (κ1) is 18.7. The topological polar surface area (TPSA) is 77.7 Å². The van der Waals surface area contributed by atoms with Crippen molar-refractivity contribution in [2.45, 2.75) is 5.03 Å². The monoisotopic (exact) mass is 434 g/mol. The zero-order valence-electron chi connectivity index (χ0n) is 14.4. The summed E-state index contributed by atoms with van der Waals surface area (Å²) in [5.41, 5.74) is 4.34. The molecule has 10 heteroatoms. The number of hydrogen-bond acceptors (Lipinski definition) is 6. The molecule has 0 unspecified atom stereocenters. The van der Waals surface area contributed by atoms with Crippen molar-refractivity contribution < 1.29 is 12.8 Å². The fourth-order valence-corrected chi connectivity index (χ4v) is 4.11. The molecule has 3 heterocycles. The Labute approximate surface area is 169 Å². The zero-order chi connectivity index (χ0) is 19.9. The number of benzene rings is 1. The van der Waals surface area contributed by atoms with Crippen LogP contribution in [0.25, 0.3) is 28.2 Å². The first-order valence-corrected chi connectivity index (χ1v) is 11.1. The molecule has 0 saturated carbocycles. The van der Waals surface area contributed by atoms with Crippen LogP contribution in [0.4, 0.5) is 4.39 Å². The van der Waals surface area contributed by atoms with Gasteiger partial charge in [-0.15, -0.1) is 11.3 Å². The Hall–Kier alpha value is -2.62. The van der Waals surface area contributed by atoms with Gasteiger partial charge in [-0.05, 0) is 18.2 Å². The predicted octanol–water partition coefficient (Wildman–Crippen LogP) is 4.25. The van der Waals surface area contributed by atoms with Gasteiger partial charge in [0, 0.05) is 22.8 Å². The molecule has 6 nitrogen and oxygen atoms in total. The first-order chi connectivity index (χ1) is 13.3. The number of thiazole rings is 1. The molecule has 28 heavy (non-hydrogen) atoms. The number of nitrogens with zero attached hydrogens (tertiary/aromatic N) is 4. The van der Waals surface area contributed by atoms with E-state index < -0.39 is 15.7 Å². The van der Waals surface area contributed by atoms with E-state index >= 15 is 0 Å². The minimum absolute atomic E-state index is 0.0684. The lowest BCUT2D eigenvalue weighted by Crippen LogP contribution is -2.04. The van der Waals surface area contributed by atoms with Crippen molar-refractivity contribution in [1.29, 1.82) is 0 Å². The highest BCUT2D eigenvalue weighted by Gasteiger charge is 2.17. The van der Waals surface area contributed by atoms with Crippen LogP contribution in [0.1, 0.15) is 0 Å². The van der Waals surface area contributed by atoms with Gasteiger partial charge in [0.25, 0.3) is 0 Å². The molecule has 0 amide bonds. The molecule has 0 fully saturated rings. The SMILES string of the molecule is CS(=O)(=O)c1ccc(-n2ncc(F)c2-c2ccc(-c3cscn3)c(Cl)c2)cn1. The Balaban J connectivity index is 1.78. The summed E-state index contributed by atoms with van der Waals surface area (Å²) in [7, 11) is -3.43. The lowest BCUT2D eigenvalue weighted by Gasteiger charge is -2.10. The Bertz CT molecular complexity index is 1250. The first-order valence-electron chi connectivity index (χ1n) is 7.93. The van der Waals surface area contributed by atoms with E-state index in [-0.39, 0.29) is 10.7 Å². The Morgan fingerprint density at radius 3 is 2.57 bits per heavy atom. The van der Waals surface area contributed by atoms with Crippen molar-refractivity contribution in [3.8, 4) is 28.2 Å². The van der Waals surface area contributed by atoms with Gasteiger partial charge >= 0.3 is 0 Å². The van der Waals surface area contributed by atoms with Crippen molar-refractivity contribution in [2.24, 2.45) is 0 Å². The summed E-state index contributed by atoms with van der Waals surface area (Å²) in [5, 5.41) is 6.29. The van der Waals surface area contributed by atoms with Gasteiger partial charge < -0.3 is 0 Å². The van der Waals surface area contributed by atoms with Gasteiger partial charge in [-0.1, -0.05) is 23.7 Å². The Morgan fingerprint density at radius 2 is 1.96 bits per heavy atom. The van der Waals surface area contributed by atoms with Crippen LogP contribution in [-0.2, 0) is 9.84 Å². The average molecular weight is 435 g/mol. The highest BCUT2D eigenvalue weighted by molar-refractivity contribution is 7.90. The summed E-state index contributed by atoms with van der Waals surface area (Å²) in [6.07, 6.45) is 3.49. The van der Waals surface area contributed by atoms with Gasteiger partial charge in [-0.2, -0.15) is 5.10 Å². The van der Waals surface area contributed by atoms with Crippen molar-refractivity contribution in [3.05, 3.63) is 64.5 Å². The van der Waals surface area contributed by atoms with Crippen LogP contribution in [0.15, 0.2) is 58.6 Å². The molecule has 0 saturated heterocycles. The number of rotatable bonds is 4. The predicted molar refractivity (Wildman–Crippen MR) is 106 cm³/mol. The third kappa shape index (κ3) is 3.44. The van der Waals surface area contributed by atoms with Crippen molar-refractivity contribution in [2.75, 3.05) is 6.26 Å². The normalized spacial score (nSPS) is 11.7. The van der Waals surface area contributed by atoms with Crippen LogP contribution in [0, 0.1) is 5.82 Å². The van der Waals surface area contributed by atoms with E-state index in [0.717, 1.165) is 23.7 Å². The molecular weight excluding hydrogens is 423 g/mol. The van der Waals surface area contributed by atoms with E-state index in [0.29, 0.717) is 16.3 Å². The summed E-state index contributed by atoms with van der Waals surface area (Å²) in [6.45, 7) is 0. The number of sulfone groups is 1. The van der Waals surface area contributed by atoms with Crippen LogP contribution in [0.3, 0.4) is 0 Å². The van der Waals surface area contributed by atoms with E-state index in [1.54, 1.807) is 23.7 Å². The molecule has 0 spiro atoms. The minimum atomic E-state index is -3.43. The molecule has 3 aromatic heterocycles. The van der Waals surface area contributed by atoms with Gasteiger partial charge in [0.2, 0.25) is 0 Å². The lowest BCUT2D eigenvalue weighted by molar-refractivity contribution is 0.598. The number of halogens is 2. The maximum absolute atomic E-state index is 14.5. The van der Waals surface area contributed by atoms with E-state index in [2.05, 4.69) is 15.1 Å². The van der Waals surface area contributed by atoms with Gasteiger partial charge in [-0.25, -0.2) is 27.5 Å². The Morgan fingerprint density at radius 1 is 1.14 bits per heavy atom. The quantitative estimate of drug-likeness (QED) is 0.479. The summed E-state index contributed by atoms with van der Waals surface area (Å²) in [5.74, 6) is -0.537. The fraction of sp³-hybridized carbons (Fsp3) is 0.0556. The van der Waals surface area contributed by atoms with Crippen LogP contribution in [0.5, 0.6) is 0 Å². The molecule has 0 aliphatic carbocycles. The van der Waals surface area contributed by atoms with Crippen LogP contribution in [-0.4, -0.2) is 34.4 Å². The van der Waals surface area contributed by atoms with E-state index in [1.165, 1.54) is 34.3 Å². The maximum Gasteiger partial charge on any atom is 0.192 e. The summed E-state index contributed by atoms with van der Waals surface area (Å²) >= 11 is 7.85. The molecule has 0 N–H and O–H groups in total. The van der Waals surface area contributed by atoms with Crippen LogP contribution in [0.2, 0.25) is 5.02 Å². The number of aromatic nitrogens is 4. The second-order valence-corrected chi connectivity index (χ2v) is 9.04. The molecule has 1 aromatic carbocycles. The summed E-state index contributed by atoms with van der Waals surface area (Å²) in [4.78, 5) is 8.17. The molecule has 0 bridgehead atoms. The molecule has 4 aromatic rings. The van der Waals surface area contributed by atoms with Gasteiger partial charge in [-0.3, -0.25) is 0 Å². The third-order valence-electron chi connectivity index (χ3n) is 4.02. The minimum Gasteiger partial charge on any atom is -0.245 e. The number of hydrogen-bond donors (Lipinski definition) is 0. The molecule has 0 radical (unpaired) electrons. The molecule has 142 valence electrons. The molecule has 0 atom stereocenters. The van der Waals surface area contributed by atoms with Gasteiger partial charge in [0.1, 0.15) is 5.69 Å². The largest absolute Gasteiger partial charge is 0.245 e. The van der Waals surface area contributed by atoms with Crippen molar-refractivity contribution >= 4 is 32.8 Å². The molecule has 0 aliphatic rings. The smallest absolute Gasteiger partial charge is 0.192 e. The van der Waals surface area contributed by atoms with E-state index in [9.17, 15) is 12.8 Å². The number of pyridine rings is 1. The highest BCUT2D eigenvalue weighted by Crippen LogP contribution is 2.33. The second-order valence-electron chi connectivity index (χ2n) is 5.95. The standard InChI is InChI=1S/C18H12ClFN4O2S2/c1-28(25,26)17-5-3-12(7-21-17)24-18(15(20)8-23-24)11-2-4-13(14(19)6-11)16-9-27-10-22-16/h2-10H,1H3. The lowest BCUT2D eigenvalue weighted by atomic mass is 10.1. The highest BCUT2D eigenvalue weighted by atomic mass is 35.5. The van der Waals surface area contributed by atoms with Crippen molar-refractivity contribution in [1.82, 2.24) is 19.7 Å². The average Bonchev–Trinajstić information content (AvgIpc) is 3.31. The maximum atomic E-state index is 14.5. The summed E-state index contributed by atoms with van der Waals surface area (Å²) < 4.78 is 39.0. The summed E-state index contributed by atoms with van der Waals surface area (Å²) in [6, 6.07) is 8.02. The second kappa shape index (κ2) is 7.08. The molecule has 4 rings (SSSR count). The molecular formula is C18H12ClFN4O2S2. The van der Waals surface area contributed by atoms with Crippen LogP contribution < -0.4 is 0 Å². The Kier molecular flexibility index (Phi) is 4.74. The van der Waals surface area contributed by atoms with E-state index in [4.69, 9.17) is 11.6 Å².